The number of alkyl carbamates (subject to hydrolysis) is 1. The van der Waals surface area contributed by atoms with Gasteiger partial charge in [0.1, 0.15) is 29.2 Å². The highest BCUT2D eigenvalue weighted by Crippen LogP contribution is 2.41. The van der Waals surface area contributed by atoms with E-state index in [1.807, 2.05) is 25.9 Å². The second-order valence-electron chi connectivity index (χ2n) is 18.5. The maximum atomic E-state index is 14.3. The third-order valence-electron chi connectivity index (χ3n) is 13.1. The number of nitrogens with zero attached hydrogens (tertiary/aromatic N) is 1. The SMILES string of the molecule is CCCCCNC(=O)O[C@H]1[C@H](C)O[C@@H](O[C@H]2[C@H](C)[C@@H](O[C@@H]3O[C@H](C)C[C@H](N(C)C)[C@H]3O)[C@@](C)(O)C[C@@H](C)C(=O)[C@H](C)[C@@H](O)[C@](C)(O)[C@@H](CC)OC(=O)[C@@H]2C)C[C@@]1(C)OC. The number of unbranched alkanes of at least 4 members (excludes halogenated alkanes) is 2. The van der Waals surface area contributed by atoms with Crippen molar-refractivity contribution in [3.63, 3.8) is 0 Å². The molecule has 3 saturated heterocycles. The zero-order valence-corrected chi connectivity index (χ0v) is 38.1. The van der Waals surface area contributed by atoms with Crippen molar-refractivity contribution >= 4 is 17.8 Å². The van der Waals surface area contributed by atoms with Gasteiger partial charge in [-0.05, 0) is 81.3 Å². The van der Waals surface area contributed by atoms with E-state index in [4.69, 9.17) is 33.2 Å². The van der Waals surface area contributed by atoms with E-state index in [0.717, 1.165) is 19.3 Å². The van der Waals surface area contributed by atoms with E-state index in [0.29, 0.717) is 13.0 Å². The summed E-state index contributed by atoms with van der Waals surface area (Å²) in [5, 5.41) is 50.0. The Labute approximate surface area is 352 Å². The highest BCUT2D eigenvalue weighted by atomic mass is 16.7. The molecule has 1 amide bonds. The maximum Gasteiger partial charge on any atom is 0.407 e. The zero-order valence-electron chi connectivity index (χ0n) is 38.1. The smallest absolute Gasteiger partial charge is 0.407 e. The van der Waals surface area contributed by atoms with Gasteiger partial charge in [0.05, 0.1) is 42.0 Å². The number of amides is 1. The molecule has 0 unspecified atom stereocenters. The summed E-state index contributed by atoms with van der Waals surface area (Å²) < 4.78 is 43.8. The fourth-order valence-corrected chi connectivity index (χ4v) is 9.34. The van der Waals surface area contributed by atoms with Gasteiger partial charge in [-0.2, -0.15) is 0 Å². The number of likely N-dealkylation sites (N-methyl/N-ethyl adjacent to an activating group) is 1. The van der Waals surface area contributed by atoms with Gasteiger partial charge in [0.2, 0.25) is 0 Å². The lowest BCUT2D eigenvalue weighted by molar-refractivity contribution is -0.317. The lowest BCUT2D eigenvalue weighted by atomic mass is 9.74. The van der Waals surface area contributed by atoms with Crippen molar-refractivity contribution < 1.29 is 68.0 Å². The van der Waals surface area contributed by atoms with E-state index in [1.165, 1.54) is 27.9 Å². The van der Waals surface area contributed by atoms with Gasteiger partial charge in [-0.15, -0.1) is 0 Å². The van der Waals surface area contributed by atoms with Crippen LogP contribution in [0.5, 0.6) is 0 Å². The van der Waals surface area contributed by atoms with Crippen molar-refractivity contribution in [1.82, 2.24) is 10.2 Å². The third kappa shape index (κ3) is 12.4. The average molecular weight is 847 g/mol. The number of ketones is 1. The van der Waals surface area contributed by atoms with Gasteiger partial charge in [0.15, 0.2) is 18.7 Å². The standard InChI is InChI=1S/C43H78N2O14/c1-15-17-18-19-44-40(50)59-37-28(8)55-31(22-42(37,10)53-14)57-34-26(6)36(58-39-33(47)29(45(12)13)20-24(4)54-39)41(9,51)21-23(3)32(46)25(5)35(48)43(11,52)30(16-2)56-38(49)27(34)7/h23-31,33-37,39,47-48,51-52H,15-22H2,1-14H3,(H,44,50)/t23-,24-,25+,26+,27-,28+,29+,30-,31+,33-,34+,35-,36-,37+,39+,41+,42-,43-/m1/s1. The number of carbonyl (C=O) groups excluding carboxylic acids is 3. The number of carbonyl (C=O) groups is 3. The number of cyclic esters (lactones) is 1. The summed E-state index contributed by atoms with van der Waals surface area (Å²) >= 11 is 0. The van der Waals surface area contributed by atoms with Crippen LogP contribution in [-0.2, 0) is 42.7 Å². The third-order valence-corrected chi connectivity index (χ3v) is 13.1. The molecule has 5 N–H and O–H groups in total. The van der Waals surface area contributed by atoms with Crippen LogP contribution < -0.4 is 5.32 Å². The Bertz CT molecular complexity index is 1370. The molecule has 18 atom stereocenters. The van der Waals surface area contributed by atoms with Crippen LogP contribution in [0, 0.1) is 23.7 Å². The highest BCUT2D eigenvalue weighted by molar-refractivity contribution is 5.83. The minimum absolute atomic E-state index is 0.0585. The van der Waals surface area contributed by atoms with Crippen molar-refractivity contribution in [1.29, 1.82) is 0 Å². The molecule has 16 nitrogen and oxygen atoms in total. The average Bonchev–Trinajstić information content (AvgIpc) is 3.16. The van der Waals surface area contributed by atoms with Crippen molar-refractivity contribution in [2.75, 3.05) is 27.7 Å². The Morgan fingerprint density at radius 2 is 1.56 bits per heavy atom. The van der Waals surface area contributed by atoms with Crippen molar-refractivity contribution in [2.45, 2.75) is 205 Å². The number of Topliss-reactive ketones (excluding diaryl/α,β-unsaturated/α-hetero) is 1. The lowest BCUT2D eigenvalue weighted by Crippen LogP contribution is -2.61. The van der Waals surface area contributed by atoms with Gasteiger partial charge < -0.3 is 63.8 Å². The van der Waals surface area contributed by atoms with Crippen LogP contribution in [0.3, 0.4) is 0 Å². The summed E-state index contributed by atoms with van der Waals surface area (Å²) in [6, 6.07) is -0.345. The Balaban J connectivity index is 2.12. The summed E-state index contributed by atoms with van der Waals surface area (Å²) in [7, 11) is 5.19. The number of esters is 1. The fraction of sp³-hybridized carbons (Fsp3) is 0.930. The van der Waals surface area contributed by atoms with E-state index in [-0.39, 0.29) is 31.4 Å². The molecule has 3 heterocycles. The van der Waals surface area contributed by atoms with Crippen molar-refractivity contribution in [2.24, 2.45) is 23.7 Å². The van der Waals surface area contributed by atoms with E-state index in [1.54, 1.807) is 41.5 Å². The van der Waals surface area contributed by atoms with E-state index in [9.17, 15) is 34.8 Å². The molecule has 0 aromatic heterocycles. The van der Waals surface area contributed by atoms with Gasteiger partial charge in [-0.25, -0.2) is 4.79 Å². The predicted octanol–water partition coefficient (Wildman–Crippen LogP) is 3.71. The number of rotatable bonds is 12. The van der Waals surface area contributed by atoms with E-state index in [2.05, 4.69) is 12.2 Å². The largest absolute Gasteiger partial charge is 0.459 e. The van der Waals surface area contributed by atoms with E-state index >= 15 is 0 Å². The topological polar surface area (TPSA) is 212 Å². The van der Waals surface area contributed by atoms with Gasteiger partial charge in [-0.1, -0.05) is 47.5 Å². The van der Waals surface area contributed by atoms with Crippen LogP contribution in [0.1, 0.15) is 121 Å². The Morgan fingerprint density at radius 3 is 2.14 bits per heavy atom. The van der Waals surface area contributed by atoms with Crippen LogP contribution >= 0.6 is 0 Å². The predicted molar refractivity (Wildman–Crippen MR) is 218 cm³/mol. The molecule has 0 bridgehead atoms. The molecule has 0 aromatic rings. The van der Waals surface area contributed by atoms with E-state index < -0.39 is 114 Å². The molecule has 3 aliphatic rings. The molecular formula is C43H78N2O14. The molecule has 0 radical (unpaired) electrons. The molecule has 0 aliphatic carbocycles. The van der Waals surface area contributed by atoms with Crippen molar-refractivity contribution in [3.8, 4) is 0 Å². The first kappa shape index (κ1) is 51.4. The molecule has 3 fully saturated rings. The molecule has 16 heteroatoms. The quantitative estimate of drug-likeness (QED) is 0.140. The van der Waals surface area contributed by atoms with Gasteiger partial charge in [0, 0.05) is 43.9 Å². The van der Waals surface area contributed by atoms with Crippen LogP contribution in [0.4, 0.5) is 4.79 Å². The summed E-state index contributed by atoms with van der Waals surface area (Å²) in [4.78, 5) is 43.0. The first-order chi connectivity index (χ1) is 27.4. The molecule has 3 rings (SSSR count). The Kier molecular flexibility index (Phi) is 18.6. The number of nitrogens with one attached hydrogen (secondary N) is 1. The lowest BCUT2D eigenvalue weighted by Gasteiger charge is -2.49. The second kappa shape index (κ2) is 21.4. The van der Waals surface area contributed by atoms with Crippen LogP contribution in [0.2, 0.25) is 0 Å². The molecule has 3 aliphatic heterocycles. The molecule has 0 spiro atoms. The van der Waals surface area contributed by atoms with Gasteiger partial charge in [-0.3, -0.25) is 9.59 Å². The number of ether oxygens (including phenoxy) is 7. The summed E-state index contributed by atoms with van der Waals surface area (Å²) in [6.07, 6.45) is -7.79. The maximum absolute atomic E-state index is 14.3. The number of hydrogen-bond acceptors (Lipinski definition) is 15. The highest BCUT2D eigenvalue weighted by Gasteiger charge is 2.54. The van der Waals surface area contributed by atoms with Crippen LogP contribution in [-0.4, -0.2) is 155 Å². The minimum Gasteiger partial charge on any atom is -0.459 e. The summed E-state index contributed by atoms with van der Waals surface area (Å²) in [5.74, 6) is -5.13. The fourth-order valence-electron chi connectivity index (χ4n) is 9.34. The van der Waals surface area contributed by atoms with Crippen LogP contribution in [0.25, 0.3) is 0 Å². The first-order valence-corrected chi connectivity index (χ1v) is 21.7. The minimum atomic E-state index is -2.02. The molecule has 59 heavy (non-hydrogen) atoms. The number of aliphatic hydroxyl groups excluding tert-OH is 2. The molecule has 0 aromatic carbocycles. The number of methoxy groups -OCH3 is 1. The molecule has 0 saturated carbocycles. The Morgan fingerprint density at radius 1 is 0.915 bits per heavy atom. The number of aliphatic hydroxyl groups is 4. The molecular weight excluding hydrogens is 768 g/mol. The van der Waals surface area contributed by atoms with Gasteiger partial charge in [0.25, 0.3) is 0 Å². The first-order valence-electron chi connectivity index (χ1n) is 21.7. The molecule has 344 valence electrons. The number of hydrogen-bond donors (Lipinski definition) is 5. The second-order valence-corrected chi connectivity index (χ2v) is 18.5. The van der Waals surface area contributed by atoms with Crippen molar-refractivity contribution in [3.05, 3.63) is 0 Å². The summed E-state index contributed by atoms with van der Waals surface area (Å²) in [5.41, 5.74) is -4.95. The van der Waals surface area contributed by atoms with Crippen LogP contribution in [0.15, 0.2) is 0 Å². The summed E-state index contributed by atoms with van der Waals surface area (Å²) in [6.45, 7) is 18.9. The monoisotopic (exact) mass is 847 g/mol. The Hall–Kier alpha value is -1.99. The zero-order chi connectivity index (χ0) is 44.8. The normalized spacial score (nSPS) is 44.4. The van der Waals surface area contributed by atoms with Gasteiger partial charge >= 0.3 is 12.1 Å².